The quantitative estimate of drug-likeness (QED) is 0.485. The summed E-state index contributed by atoms with van der Waals surface area (Å²) in [6.07, 6.45) is 6.48. The predicted octanol–water partition coefficient (Wildman–Crippen LogP) is 4.46. The number of ketones is 2. The summed E-state index contributed by atoms with van der Waals surface area (Å²) < 4.78 is 0. The van der Waals surface area contributed by atoms with E-state index < -0.39 is 0 Å². The van der Waals surface area contributed by atoms with Gasteiger partial charge in [0.1, 0.15) is 17.3 Å². The van der Waals surface area contributed by atoms with Crippen molar-refractivity contribution in [2.24, 2.45) is 5.92 Å². The van der Waals surface area contributed by atoms with Crippen molar-refractivity contribution in [3.8, 4) is 5.75 Å². The molecule has 0 radical (unpaired) electrons. The lowest BCUT2D eigenvalue weighted by atomic mass is 9.90. The van der Waals surface area contributed by atoms with Gasteiger partial charge in [0.05, 0.1) is 5.92 Å². The molecule has 0 saturated carbocycles. The number of Topliss-reactive ketones (excluding diaryl/α,β-unsaturated/α-hetero) is 2. The van der Waals surface area contributed by atoms with Crippen LogP contribution in [0.25, 0.3) is 0 Å². The maximum absolute atomic E-state index is 11.8. The molecule has 1 aromatic rings. The van der Waals surface area contributed by atoms with Gasteiger partial charge in [-0.2, -0.15) is 0 Å². The van der Waals surface area contributed by atoms with Gasteiger partial charge in [-0.3, -0.25) is 9.59 Å². The summed E-state index contributed by atoms with van der Waals surface area (Å²) in [6, 6.07) is 7.43. The van der Waals surface area contributed by atoms with Crippen LogP contribution in [0.5, 0.6) is 5.75 Å². The Morgan fingerprint density at radius 1 is 0.955 bits per heavy atom. The number of phenols is 1. The van der Waals surface area contributed by atoms with Crippen molar-refractivity contribution >= 4 is 11.6 Å². The molecule has 1 rings (SSSR count). The average Bonchev–Trinajstić information content (AvgIpc) is 2.54. The molecule has 22 heavy (non-hydrogen) atoms. The number of aryl methyl sites for hydroxylation is 1. The number of carbonyl (C=O) groups excluding carboxylic acids is 2. The van der Waals surface area contributed by atoms with Crippen molar-refractivity contribution in [3.05, 3.63) is 29.8 Å². The Labute approximate surface area is 133 Å². The lowest BCUT2D eigenvalue weighted by Gasteiger charge is -2.12. The molecule has 3 nitrogen and oxygen atoms in total. The number of phenolic OH excluding ortho intramolecular Hbond substituents is 1. The maximum Gasteiger partial charge on any atom is 0.143 e. The summed E-state index contributed by atoms with van der Waals surface area (Å²) in [4.78, 5) is 23.6. The molecule has 1 aromatic carbocycles. The van der Waals surface area contributed by atoms with Gasteiger partial charge in [-0.25, -0.2) is 0 Å². The minimum atomic E-state index is -0.381. The molecule has 122 valence electrons. The molecular formula is C19H28O3. The Morgan fingerprint density at radius 2 is 1.55 bits per heavy atom. The fourth-order valence-electron chi connectivity index (χ4n) is 2.73. The van der Waals surface area contributed by atoms with Crippen molar-refractivity contribution < 1.29 is 14.7 Å². The Kier molecular flexibility index (Phi) is 8.49. The van der Waals surface area contributed by atoms with Crippen molar-refractivity contribution in [2.75, 3.05) is 0 Å². The van der Waals surface area contributed by atoms with E-state index in [1.807, 2.05) is 32.0 Å². The number of rotatable bonds is 11. The van der Waals surface area contributed by atoms with E-state index in [0.29, 0.717) is 25.0 Å². The van der Waals surface area contributed by atoms with Crippen LogP contribution in [0.3, 0.4) is 0 Å². The van der Waals surface area contributed by atoms with Crippen LogP contribution < -0.4 is 0 Å². The van der Waals surface area contributed by atoms with Crippen molar-refractivity contribution in [2.45, 2.75) is 65.2 Å². The van der Waals surface area contributed by atoms with Crippen molar-refractivity contribution in [3.63, 3.8) is 0 Å². The lowest BCUT2D eigenvalue weighted by Crippen LogP contribution is -2.22. The fraction of sp³-hybridized carbons (Fsp3) is 0.579. The number of hydrogen-bond donors (Lipinski definition) is 1. The van der Waals surface area contributed by atoms with E-state index in [2.05, 4.69) is 0 Å². The normalized spacial score (nSPS) is 10.9. The SMILES string of the molecule is CCC(=O)C(CCCCCCc1ccccc1O)C(=O)CC. The first-order chi connectivity index (χ1) is 10.6. The van der Waals surface area contributed by atoms with E-state index in [9.17, 15) is 14.7 Å². The monoisotopic (exact) mass is 304 g/mol. The van der Waals surface area contributed by atoms with Gasteiger partial charge in [0.25, 0.3) is 0 Å². The summed E-state index contributed by atoms with van der Waals surface area (Å²) in [6.45, 7) is 3.65. The van der Waals surface area contributed by atoms with E-state index in [1.54, 1.807) is 6.07 Å². The first-order valence-electron chi connectivity index (χ1n) is 8.42. The molecule has 3 heteroatoms. The number of hydrogen-bond acceptors (Lipinski definition) is 3. The maximum atomic E-state index is 11.8. The summed E-state index contributed by atoms with van der Waals surface area (Å²) in [5, 5.41) is 9.69. The second-order valence-corrected chi connectivity index (χ2v) is 5.77. The van der Waals surface area contributed by atoms with Gasteiger partial charge >= 0.3 is 0 Å². The highest BCUT2D eigenvalue weighted by Crippen LogP contribution is 2.20. The van der Waals surface area contributed by atoms with E-state index in [4.69, 9.17) is 0 Å². The third-order valence-electron chi connectivity index (χ3n) is 4.15. The topological polar surface area (TPSA) is 54.4 Å². The highest BCUT2D eigenvalue weighted by Gasteiger charge is 2.22. The molecule has 0 heterocycles. The van der Waals surface area contributed by atoms with Gasteiger partial charge in [0.2, 0.25) is 0 Å². The zero-order valence-electron chi connectivity index (χ0n) is 13.8. The van der Waals surface area contributed by atoms with Gasteiger partial charge in [-0.15, -0.1) is 0 Å². The average molecular weight is 304 g/mol. The number of carbonyl (C=O) groups is 2. The van der Waals surface area contributed by atoms with Gasteiger partial charge in [0.15, 0.2) is 0 Å². The van der Waals surface area contributed by atoms with Crippen LogP contribution in [0.4, 0.5) is 0 Å². The minimum Gasteiger partial charge on any atom is -0.508 e. The zero-order valence-corrected chi connectivity index (χ0v) is 13.8. The van der Waals surface area contributed by atoms with Crippen LogP contribution >= 0.6 is 0 Å². The van der Waals surface area contributed by atoms with E-state index >= 15 is 0 Å². The molecule has 0 aliphatic rings. The van der Waals surface area contributed by atoms with Gasteiger partial charge < -0.3 is 5.11 Å². The van der Waals surface area contributed by atoms with Crippen LogP contribution in [0.2, 0.25) is 0 Å². The van der Waals surface area contributed by atoms with Crippen LogP contribution in [-0.4, -0.2) is 16.7 Å². The van der Waals surface area contributed by atoms with Crippen molar-refractivity contribution in [1.29, 1.82) is 0 Å². The number of para-hydroxylation sites is 1. The van der Waals surface area contributed by atoms with Crippen LogP contribution in [0, 0.1) is 5.92 Å². The Bertz CT molecular complexity index is 463. The Morgan fingerprint density at radius 3 is 2.14 bits per heavy atom. The molecule has 0 unspecified atom stereocenters. The van der Waals surface area contributed by atoms with Crippen LogP contribution in [0.15, 0.2) is 24.3 Å². The summed E-state index contributed by atoms with van der Waals surface area (Å²) in [5.41, 5.74) is 0.989. The van der Waals surface area contributed by atoms with Gasteiger partial charge in [-0.05, 0) is 30.9 Å². The molecule has 0 spiro atoms. The summed E-state index contributed by atoms with van der Waals surface area (Å²) >= 11 is 0. The smallest absolute Gasteiger partial charge is 0.143 e. The first-order valence-corrected chi connectivity index (χ1v) is 8.42. The second-order valence-electron chi connectivity index (χ2n) is 5.77. The van der Waals surface area contributed by atoms with E-state index in [-0.39, 0.29) is 17.5 Å². The zero-order chi connectivity index (χ0) is 16.4. The molecule has 0 aliphatic carbocycles. The highest BCUT2D eigenvalue weighted by atomic mass is 16.3. The molecule has 0 saturated heterocycles. The number of aromatic hydroxyl groups is 1. The molecule has 1 N–H and O–H groups in total. The third kappa shape index (κ3) is 6.00. The van der Waals surface area contributed by atoms with Gasteiger partial charge in [-0.1, -0.05) is 51.3 Å². The Balaban J connectivity index is 2.25. The number of benzene rings is 1. The second kappa shape index (κ2) is 10.1. The van der Waals surface area contributed by atoms with Crippen molar-refractivity contribution in [1.82, 2.24) is 0 Å². The minimum absolute atomic E-state index is 0.0843. The first kappa shape index (κ1) is 18.4. The molecule has 0 aromatic heterocycles. The van der Waals surface area contributed by atoms with E-state index in [1.165, 1.54) is 0 Å². The summed E-state index contributed by atoms with van der Waals surface area (Å²) in [5.74, 6) is 0.153. The third-order valence-corrected chi connectivity index (χ3v) is 4.15. The molecule has 0 bridgehead atoms. The van der Waals surface area contributed by atoms with Crippen LogP contribution in [-0.2, 0) is 16.0 Å². The molecule has 0 atom stereocenters. The Hall–Kier alpha value is -1.64. The molecule has 0 aliphatic heterocycles. The van der Waals surface area contributed by atoms with Crippen LogP contribution in [0.1, 0.15) is 64.4 Å². The largest absolute Gasteiger partial charge is 0.508 e. The molecular weight excluding hydrogens is 276 g/mol. The lowest BCUT2D eigenvalue weighted by molar-refractivity contribution is -0.132. The highest BCUT2D eigenvalue weighted by molar-refractivity contribution is 6.02. The predicted molar refractivity (Wildman–Crippen MR) is 89.0 cm³/mol. The van der Waals surface area contributed by atoms with Gasteiger partial charge in [0, 0.05) is 12.8 Å². The fourth-order valence-corrected chi connectivity index (χ4v) is 2.73. The number of unbranched alkanes of at least 4 members (excludes halogenated alkanes) is 3. The standard InChI is InChI=1S/C19H28O3/c1-3-17(20)16(18(21)4-2)13-8-6-5-7-11-15-12-9-10-14-19(15)22/h9-10,12,14,16,22H,3-8,11,13H2,1-2H3. The summed E-state index contributed by atoms with van der Waals surface area (Å²) in [7, 11) is 0. The molecule has 0 fully saturated rings. The molecule has 0 amide bonds. The van der Waals surface area contributed by atoms with E-state index in [0.717, 1.165) is 37.7 Å².